The fraction of sp³-hybridized carbons (Fsp3) is 0.600. The van der Waals surface area contributed by atoms with Crippen molar-refractivity contribution in [3.63, 3.8) is 0 Å². The summed E-state index contributed by atoms with van der Waals surface area (Å²) in [6, 6.07) is 6.33. The molecule has 1 aromatic rings. The first-order valence-corrected chi connectivity index (χ1v) is 7.86. The molecular weight excluding hydrogens is 320 g/mol. The molecule has 0 unspecified atom stereocenters. The highest BCUT2D eigenvalue weighted by molar-refractivity contribution is 9.10. The summed E-state index contributed by atoms with van der Waals surface area (Å²) < 4.78 is 6.21. The number of hydrogen-bond acceptors (Lipinski definition) is 4. The fourth-order valence-corrected chi connectivity index (χ4v) is 2.48. The van der Waals surface area contributed by atoms with Crippen molar-refractivity contribution in [2.24, 2.45) is 0 Å². The number of aliphatic hydroxyl groups is 1. The van der Waals surface area contributed by atoms with E-state index in [0.29, 0.717) is 13.2 Å². The normalized spacial score (nSPS) is 10.8. The van der Waals surface area contributed by atoms with Crippen LogP contribution in [0.2, 0.25) is 0 Å². The first kappa shape index (κ1) is 17.4. The van der Waals surface area contributed by atoms with E-state index in [2.05, 4.69) is 51.3 Å². The zero-order valence-corrected chi connectivity index (χ0v) is 13.9. The molecule has 0 aliphatic rings. The molecule has 0 aliphatic carbocycles. The molecule has 0 atom stereocenters. The summed E-state index contributed by atoms with van der Waals surface area (Å²) in [5.74, 6) is 0. The SMILES string of the molecule is CCCNCc1ccc(N(CCO)CCOC)cc1Br. The molecule has 0 bridgehead atoms. The highest BCUT2D eigenvalue weighted by Crippen LogP contribution is 2.24. The second-order valence-corrected chi connectivity index (χ2v) is 5.51. The lowest BCUT2D eigenvalue weighted by molar-refractivity contribution is 0.203. The maximum Gasteiger partial charge on any atom is 0.0637 e. The van der Waals surface area contributed by atoms with Crippen LogP contribution in [0.1, 0.15) is 18.9 Å². The third-order valence-electron chi connectivity index (χ3n) is 3.08. The first-order valence-electron chi connectivity index (χ1n) is 7.06. The minimum Gasteiger partial charge on any atom is -0.395 e. The average Bonchev–Trinajstić information content (AvgIpc) is 2.45. The van der Waals surface area contributed by atoms with Crippen molar-refractivity contribution in [2.75, 3.05) is 44.9 Å². The maximum atomic E-state index is 9.16. The van der Waals surface area contributed by atoms with Crippen molar-refractivity contribution >= 4 is 21.6 Å². The molecular formula is C15H25BrN2O2. The summed E-state index contributed by atoms with van der Waals surface area (Å²) >= 11 is 3.63. The summed E-state index contributed by atoms with van der Waals surface area (Å²) in [5.41, 5.74) is 2.35. The van der Waals surface area contributed by atoms with E-state index in [-0.39, 0.29) is 6.61 Å². The quantitative estimate of drug-likeness (QED) is 0.639. The molecule has 114 valence electrons. The van der Waals surface area contributed by atoms with Crippen LogP contribution in [0.3, 0.4) is 0 Å². The Hall–Kier alpha value is -0.620. The predicted octanol–water partition coefficient (Wildman–Crippen LogP) is 2.39. The number of methoxy groups -OCH3 is 1. The smallest absolute Gasteiger partial charge is 0.0637 e. The van der Waals surface area contributed by atoms with E-state index in [1.807, 2.05) is 0 Å². The topological polar surface area (TPSA) is 44.7 Å². The van der Waals surface area contributed by atoms with Gasteiger partial charge in [-0.1, -0.05) is 28.9 Å². The van der Waals surface area contributed by atoms with Gasteiger partial charge in [-0.2, -0.15) is 0 Å². The minimum absolute atomic E-state index is 0.140. The number of ether oxygens (including phenoxy) is 1. The van der Waals surface area contributed by atoms with Crippen LogP contribution in [0.25, 0.3) is 0 Å². The molecule has 0 heterocycles. The summed E-state index contributed by atoms with van der Waals surface area (Å²) in [7, 11) is 1.69. The third kappa shape index (κ3) is 5.79. The van der Waals surface area contributed by atoms with E-state index < -0.39 is 0 Å². The monoisotopic (exact) mass is 344 g/mol. The molecule has 4 nitrogen and oxygen atoms in total. The van der Waals surface area contributed by atoms with Crippen LogP contribution in [0, 0.1) is 0 Å². The average molecular weight is 345 g/mol. The van der Waals surface area contributed by atoms with Gasteiger partial charge in [0.25, 0.3) is 0 Å². The van der Waals surface area contributed by atoms with Gasteiger partial charge in [0.2, 0.25) is 0 Å². The number of hydrogen-bond donors (Lipinski definition) is 2. The zero-order chi connectivity index (χ0) is 14.8. The second kappa shape index (κ2) is 10.2. The number of nitrogens with one attached hydrogen (secondary N) is 1. The van der Waals surface area contributed by atoms with E-state index in [1.54, 1.807) is 7.11 Å². The molecule has 0 amide bonds. The fourth-order valence-electron chi connectivity index (χ4n) is 1.97. The van der Waals surface area contributed by atoms with Gasteiger partial charge < -0.3 is 20.1 Å². The zero-order valence-electron chi connectivity index (χ0n) is 12.4. The van der Waals surface area contributed by atoms with Crippen molar-refractivity contribution < 1.29 is 9.84 Å². The summed E-state index contributed by atoms with van der Waals surface area (Å²) in [5, 5.41) is 12.6. The van der Waals surface area contributed by atoms with Crippen LogP contribution < -0.4 is 10.2 Å². The Bertz CT molecular complexity index is 388. The lowest BCUT2D eigenvalue weighted by Crippen LogP contribution is -2.30. The Kier molecular flexibility index (Phi) is 8.85. The van der Waals surface area contributed by atoms with Gasteiger partial charge in [-0.15, -0.1) is 0 Å². The van der Waals surface area contributed by atoms with E-state index >= 15 is 0 Å². The Morgan fingerprint density at radius 3 is 2.75 bits per heavy atom. The van der Waals surface area contributed by atoms with E-state index in [0.717, 1.165) is 36.2 Å². The van der Waals surface area contributed by atoms with Crippen molar-refractivity contribution in [1.29, 1.82) is 0 Å². The molecule has 1 rings (SSSR count). The molecule has 0 aliphatic heterocycles. The third-order valence-corrected chi connectivity index (χ3v) is 3.82. The molecule has 20 heavy (non-hydrogen) atoms. The number of anilines is 1. The molecule has 0 radical (unpaired) electrons. The maximum absolute atomic E-state index is 9.16. The van der Waals surface area contributed by atoms with Crippen LogP contribution in [-0.2, 0) is 11.3 Å². The highest BCUT2D eigenvalue weighted by Gasteiger charge is 2.08. The van der Waals surface area contributed by atoms with E-state index in [4.69, 9.17) is 9.84 Å². The van der Waals surface area contributed by atoms with Gasteiger partial charge in [0, 0.05) is 36.9 Å². The molecule has 0 aromatic heterocycles. The van der Waals surface area contributed by atoms with Crippen LogP contribution in [0.15, 0.2) is 22.7 Å². The molecule has 0 fully saturated rings. The lowest BCUT2D eigenvalue weighted by Gasteiger charge is -2.24. The van der Waals surface area contributed by atoms with Crippen LogP contribution in [0.5, 0.6) is 0 Å². The molecule has 0 saturated heterocycles. The van der Waals surface area contributed by atoms with E-state index in [9.17, 15) is 0 Å². The lowest BCUT2D eigenvalue weighted by atomic mass is 10.2. The summed E-state index contributed by atoms with van der Waals surface area (Å²) in [6.45, 7) is 6.23. The Morgan fingerprint density at radius 2 is 2.15 bits per heavy atom. The Labute approximate surface area is 130 Å². The summed E-state index contributed by atoms with van der Waals surface area (Å²) in [6.07, 6.45) is 1.14. The van der Waals surface area contributed by atoms with Crippen molar-refractivity contribution in [3.8, 4) is 0 Å². The van der Waals surface area contributed by atoms with Crippen molar-refractivity contribution in [1.82, 2.24) is 5.32 Å². The second-order valence-electron chi connectivity index (χ2n) is 4.66. The van der Waals surface area contributed by atoms with Crippen LogP contribution in [0.4, 0.5) is 5.69 Å². The number of halogens is 1. The number of benzene rings is 1. The minimum atomic E-state index is 0.140. The molecule has 2 N–H and O–H groups in total. The Morgan fingerprint density at radius 1 is 1.35 bits per heavy atom. The highest BCUT2D eigenvalue weighted by atomic mass is 79.9. The van der Waals surface area contributed by atoms with Crippen LogP contribution >= 0.6 is 15.9 Å². The molecule has 5 heteroatoms. The Balaban J connectivity index is 2.71. The van der Waals surface area contributed by atoms with Gasteiger partial charge in [-0.3, -0.25) is 0 Å². The standard InChI is InChI=1S/C15H25BrN2O2/c1-3-6-17-12-13-4-5-14(11-15(13)16)18(7-9-19)8-10-20-2/h4-5,11,17,19H,3,6-10,12H2,1-2H3. The van der Waals surface area contributed by atoms with Gasteiger partial charge in [0.05, 0.1) is 13.2 Å². The number of rotatable bonds is 10. The van der Waals surface area contributed by atoms with Gasteiger partial charge >= 0.3 is 0 Å². The van der Waals surface area contributed by atoms with E-state index in [1.165, 1.54) is 5.56 Å². The van der Waals surface area contributed by atoms with Gasteiger partial charge in [-0.05, 0) is 30.7 Å². The van der Waals surface area contributed by atoms with Gasteiger partial charge in [0.15, 0.2) is 0 Å². The molecule has 1 aromatic carbocycles. The first-order chi connectivity index (χ1) is 9.72. The van der Waals surface area contributed by atoms with Gasteiger partial charge in [0.1, 0.15) is 0 Å². The number of aliphatic hydroxyl groups excluding tert-OH is 1. The predicted molar refractivity (Wildman–Crippen MR) is 87.3 cm³/mol. The summed E-state index contributed by atoms with van der Waals surface area (Å²) in [4.78, 5) is 2.12. The largest absolute Gasteiger partial charge is 0.395 e. The van der Waals surface area contributed by atoms with Crippen LogP contribution in [-0.4, -0.2) is 45.1 Å². The van der Waals surface area contributed by atoms with Gasteiger partial charge in [-0.25, -0.2) is 0 Å². The molecule has 0 spiro atoms. The van der Waals surface area contributed by atoms with Crippen molar-refractivity contribution in [2.45, 2.75) is 19.9 Å². The number of nitrogens with zero attached hydrogens (tertiary/aromatic N) is 1. The van der Waals surface area contributed by atoms with Crippen molar-refractivity contribution in [3.05, 3.63) is 28.2 Å². The molecule has 0 saturated carbocycles.